The van der Waals surface area contributed by atoms with Gasteiger partial charge in [-0.15, -0.1) is 0 Å². The molecule has 0 atom stereocenters. The van der Waals surface area contributed by atoms with Crippen molar-refractivity contribution in [2.75, 3.05) is 0 Å². The summed E-state index contributed by atoms with van der Waals surface area (Å²) in [6.45, 7) is 2.03. The van der Waals surface area contributed by atoms with Gasteiger partial charge in [0.05, 0.1) is 21.4 Å². The number of carbonyl (C=O) groups excluding carboxylic acids is 1. The average Bonchev–Trinajstić information content (AvgIpc) is 3.13. The summed E-state index contributed by atoms with van der Waals surface area (Å²) in [5, 5.41) is 11.7. The van der Waals surface area contributed by atoms with E-state index in [2.05, 4.69) is 4.98 Å². The van der Waals surface area contributed by atoms with Crippen molar-refractivity contribution >= 4 is 22.4 Å². The van der Waals surface area contributed by atoms with Crippen molar-refractivity contribution in [3.8, 4) is 0 Å². The van der Waals surface area contributed by atoms with Crippen molar-refractivity contribution in [3.05, 3.63) is 40.1 Å². The second-order valence-electron chi connectivity index (χ2n) is 5.83. The van der Waals surface area contributed by atoms with Gasteiger partial charge in [0.25, 0.3) is 5.69 Å². The summed E-state index contributed by atoms with van der Waals surface area (Å²) in [5.41, 5.74) is 0.790. The van der Waals surface area contributed by atoms with E-state index in [1.165, 1.54) is 6.07 Å². The molecule has 0 bridgehead atoms. The van der Waals surface area contributed by atoms with E-state index in [-0.39, 0.29) is 16.9 Å². The number of non-ortho nitro benzene ring substituents is 1. The number of nitrogens with zero attached hydrogens (tertiary/aromatic N) is 1. The van der Waals surface area contributed by atoms with Gasteiger partial charge in [-0.3, -0.25) is 14.9 Å². The minimum Gasteiger partial charge on any atom is -0.360 e. The Hall–Kier alpha value is -2.17. The Morgan fingerprint density at radius 1 is 1.38 bits per heavy atom. The molecule has 1 heterocycles. The summed E-state index contributed by atoms with van der Waals surface area (Å²) in [6, 6.07) is 4.86. The molecule has 0 amide bonds. The Morgan fingerprint density at radius 2 is 2.10 bits per heavy atom. The molecule has 2 aromatic rings. The third kappa shape index (κ3) is 2.04. The number of fused-ring (bicyclic) bond motifs is 1. The maximum atomic E-state index is 13.0. The van der Waals surface area contributed by atoms with Crippen molar-refractivity contribution in [2.24, 2.45) is 5.41 Å². The van der Waals surface area contributed by atoms with Crippen LogP contribution in [0, 0.1) is 15.5 Å². The van der Waals surface area contributed by atoms with Crippen LogP contribution in [-0.4, -0.2) is 15.7 Å². The molecule has 21 heavy (non-hydrogen) atoms. The number of benzene rings is 1. The van der Waals surface area contributed by atoms with E-state index in [0.29, 0.717) is 16.5 Å². The molecule has 1 saturated carbocycles. The molecule has 0 radical (unpaired) electrons. The Morgan fingerprint density at radius 3 is 2.71 bits per heavy atom. The predicted molar refractivity (Wildman–Crippen MR) is 80.5 cm³/mol. The molecule has 3 rings (SSSR count). The number of nitro groups is 1. The lowest BCUT2D eigenvalue weighted by molar-refractivity contribution is -0.383. The molecule has 0 spiro atoms. The van der Waals surface area contributed by atoms with E-state index in [4.69, 9.17) is 0 Å². The van der Waals surface area contributed by atoms with Gasteiger partial charge in [0.1, 0.15) is 0 Å². The fourth-order valence-corrected chi connectivity index (χ4v) is 3.58. The van der Waals surface area contributed by atoms with E-state index < -0.39 is 4.92 Å². The van der Waals surface area contributed by atoms with E-state index in [0.717, 1.165) is 32.1 Å². The lowest BCUT2D eigenvalue weighted by Gasteiger charge is -2.25. The van der Waals surface area contributed by atoms with Gasteiger partial charge in [0, 0.05) is 17.7 Å². The molecule has 1 aromatic carbocycles. The first kappa shape index (κ1) is 13.8. The summed E-state index contributed by atoms with van der Waals surface area (Å²) in [6.07, 6.45) is 6.31. The standard InChI is InChI=1S/C16H18N2O3/c1-2-16(8-3-4-9-16)15(19)11-10-17-12-6-5-7-13(14(11)12)18(20)21/h5-7,10,17H,2-4,8-9H2,1H3. The van der Waals surface area contributed by atoms with Crippen LogP contribution in [0.3, 0.4) is 0 Å². The summed E-state index contributed by atoms with van der Waals surface area (Å²) in [7, 11) is 0. The fourth-order valence-electron chi connectivity index (χ4n) is 3.58. The van der Waals surface area contributed by atoms with Gasteiger partial charge in [-0.2, -0.15) is 0 Å². The van der Waals surface area contributed by atoms with Crippen LogP contribution in [0.5, 0.6) is 0 Å². The zero-order valence-electron chi connectivity index (χ0n) is 12.0. The number of nitro benzene ring substituents is 1. The number of Topliss-reactive ketones (excluding diaryl/α,β-unsaturated/α-hetero) is 1. The maximum Gasteiger partial charge on any atom is 0.279 e. The van der Waals surface area contributed by atoms with Gasteiger partial charge in [0.2, 0.25) is 0 Å². The average molecular weight is 286 g/mol. The highest BCUT2D eigenvalue weighted by Gasteiger charge is 2.41. The molecule has 1 aliphatic carbocycles. The number of hydrogen-bond donors (Lipinski definition) is 1. The molecule has 1 fully saturated rings. The van der Waals surface area contributed by atoms with Gasteiger partial charge in [-0.05, 0) is 25.3 Å². The van der Waals surface area contributed by atoms with Crippen LogP contribution < -0.4 is 0 Å². The van der Waals surface area contributed by atoms with Crippen molar-refractivity contribution < 1.29 is 9.72 Å². The molecular weight excluding hydrogens is 268 g/mol. The highest BCUT2D eigenvalue weighted by molar-refractivity contribution is 6.13. The number of H-pyrrole nitrogens is 1. The quantitative estimate of drug-likeness (QED) is 0.519. The molecule has 5 heteroatoms. The monoisotopic (exact) mass is 286 g/mol. The highest BCUT2D eigenvalue weighted by atomic mass is 16.6. The van der Waals surface area contributed by atoms with E-state index >= 15 is 0 Å². The minimum absolute atomic E-state index is 0.00125. The number of rotatable bonds is 4. The van der Waals surface area contributed by atoms with E-state index in [9.17, 15) is 14.9 Å². The SMILES string of the molecule is CCC1(C(=O)c2c[nH]c3cccc([N+](=O)[O-])c23)CCCC1. The largest absolute Gasteiger partial charge is 0.360 e. The first-order chi connectivity index (χ1) is 10.1. The summed E-state index contributed by atoms with van der Waals surface area (Å²) in [4.78, 5) is 26.8. The van der Waals surface area contributed by atoms with Gasteiger partial charge in [-0.1, -0.05) is 25.8 Å². The van der Waals surface area contributed by atoms with Crippen LogP contribution in [0.25, 0.3) is 10.9 Å². The zero-order chi connectivity index (χ0) is 15.0. The van der Waals surface area contributed by atoms with Crippen LogP contribution in [0.2, 0.25) is 0 Å². The number of carbonyl (C=O) groups is 1. The van der Waals surface area contributed by atoms with Crippen molar-refractivity contribution in [1.82, 2.24) is 4.98 Å². The lowest BCUT2D eigenvalue weighted by atomic mass is 9.76. The van der Waals surface area contributed by atoms with Crippen LogP contribution >= 0.6 is 0 Å². The van der Waals surface area contributed by atoms with Gasteiger partial charge < -0.3 is 4.98 Å². The maximum absolute atomic E-state index is 13.0. The first-order valence-electron chi connectivity index (χ1n) is 7.38. The number of nitrogens with one attached hydrogen (secondary N) is 1. The molecular formula is C16H18N2O3. The van der Waals surface area contributed by atoms with Crippen molar-refractivity contribution in [3.63, 3.8) is 0 Å². The third-order valence-electron chi connectivity index (χ3n) is 4.84. The molecule has 1 N–H and O–H groups in total. The van der Waals surface area contributed by atoms with Crippen molar-refractivity contribution in [1.29, 1.82) is 0 Å². The highest BCUT2D eigenvalue weighted by Crippen LogP contribution is 2.45. The lowest BCUT2D eigenvalue weighted by Crippen LogP contribution is -2.27. The second-order valence-corrected chi connectivity index (χ2v) is 5.83. The first-order valence-corrected chi connectivity index (χ1v) is 7.38. The molecule has 1 aliphatic rings. The second kappa shape index (κ2) is 4.98. The summed E-state index contributed by atoms with van der Waals surface area (Å²) in [5.74, 6) is 0.0584. The Kier molecular flexibility index (Phi) is 3.27. The van der Waals surface area contributed by atoms with Crippen molar-refractivity contribution in [2.45, 2.75) is 39.0 Å². The summed E-state index contributed by atoms with van der Waals surface area (Å²) < 4.78 is 0. The number of aromatic amines is 1. The van der Waals surface area contributed by atoms with E-state index in [1.54, 1.807) is 18.3 Å². The number of aromatic nitrogens is 1. The third-order valence-corrected chi connectivity index (χ3v) is 4.84. The fraction of sp³-hybridized carbons (Fsp3) is 0.438. The van der Waals surface area contributed by atoms with Gasteiger partial charge in [0.15, 0.2) is 5.78 Å². The smallest absolute Gasteiger partial charge is 0.279 e. The normalized spacial score (nSPS) is 17.2. The number of hydrogen-bond acceptors (Lipinski definition) is 3. The molecule has 0 unspecified atom stereocenters. The zero-order valence-corrected chi connectivity index (χ0v) is 12.0. The Bertz CT molecular complexity index is 711. The predicted octanol–water partition coefficient (Wildman–Crippen LogP) is 4.23. The topological polar surface area (TPSA) is 76.0 Å². The van der Waals surface area contributed by atoms with Gasteiger partial charge >= 0.3 is 0 Å². The van der Waals surface area contributed by atoms with Crippen LogP contribution in [0.1, 0.15) is 49.4 Å². The molecule has 5 nitrogen and oxygen atoms in total. The Labute approximate surface area is 122 Å². The van der Waals surface area contributed by atoms with E-state index in [1.807, 2.05) is 6.92 Å². The van der Waals surface area contributed by atoms with Crippen LogP contribution in [0.4, 0.5) is 5.69 Å². The molecule has 1 aromatic heterocycles. The number of ketones is 1. The minimum atomic E-state index is -0.416. The Balaban J connectivity index is 2.17. The molecule has 0 aliphatic heterocycles. The molecule has 110 valence electrons. The van der Waals surface area contributed by atoms with Crippen LogP contribution in [-0.2, 0) is 0 Å². The molecule has 0 saturated heterocycles. The van der Waals surface area contributed by atoms with Gasteiger partial charge in [-0.25, -0.2) is 0 Å². The van der Waals surface area contributed by atoms with Crippen LogP contribution in [0.15, 0.2) is 24.4 Å². The summed E-state index contributed by atoms with van der Waals surface area (Å²) >= 11 is 0.